The summed E-state index contributed by atoms with van der Waals surface area (Å²) >= 11 is 0. The van der Waals surface area contributed by atoms with Crippen LogP contribution in [0.5, 0.6) is 0 Å². The number of aromatic nitrogens is 6. The highest BCUT2D eigenvalue weighted by Crippen LogP contribution is 2.31. The fourth-order valence-electron chi connectivity index (χ4n) is 4.13. The van der Waals surface area contributed by atoms with Crippen molar-refractivity contribution in [3.63, 3.8) is 0 Å². The van der Waals surface area contributed by atoms with E-state index in [1.54, 1.807) is 0 Å². The number of para-hydroxylation sites is 1. The molecule has 3 aromatic heterocycles. The van der Waals surface area contributed by atoms with Crippen LogP contribution in [-0.4, -0.2) is 29.6 Å². The van der Waals surface area contributed by atoms with Crippen LogP contribution >= 0.6 is 0 Å². The summed E-state index contributed by atoms with van der Waals surface area (Å²) in [5.41, 5.74) is 7.81. The number of H-pyrrole nitrogens is 1. The van der Waals surface area contributed by atoms with Gasteiger partial charge in [-0.25, -0.2) is 9.20 Å². The van der Waals surface area contributed by atoms with Gasteiger partial charge in [0.1, 0.15) is 5.69 Å². The van der Waals surface area contributed by atoms with Gasteiger partial charge in [-0.2, -0.15) is 5.10 Å². The van der Waals surface area contributed by atoms with E-state index in [4.69, 9.17) is 5.10 Å². The molecule has 154 valence electrons. The molecule has 0 bridgehead atoms. The van der Waals surface area contributed by atoms with Gasteiger partial charge in [-0.05, 0) is 30.7 Å². The van der Waals surface area contributed by atoms with Crippen LogP contribution in [0.15, 0.2) is 97.1 Å². The lowest BCUT2D eigenvalue weighted by Gasteiger charge is -2.07. The van der Waals surface area contributed by atoms with Crippen molar-refractivity contribution in [2.45, 2.75) is 6.92 Å². The lowest BCUT2D eigenvalue weighted by molar-refractivity contribution is 0.873. The van der Waals surface area contributed by atoms with Crippen molar-refractivity contribution in [3.8, 4) is 39.6 Å². The van der Waals surface area contributed by atoms with E-state index in [0.717, 1.165) is 45.1 Å². The first-order chi connectivity index (χ1) is 15.8. The molecule has 0 aliphatic heterocycles. The second-order valence-electron chi connectivity index (χ2n) is 7.69. The number of aryl methyl sites for hydroxylation is 1. The van der Waals surface area contributed by atoms with Gasteiger partial charge in [0.25, 0.3) is 0 Å². The molecule has 0 fully saturated rings. The quantitative estimate of drug-likeness (QED) is 0.410. The largest absolute Gasteiger partial charge is 0.294 e. The van der Waals surface area contributed by atoms with Gasteiger partial charge in [0, 0.05) is 16.8 Å². The molecule has 6 aromatic rings. The third-order valence-corrected chi connectivity index (χ3v) is 5.61. The van der Waals surface area contributed by atoms with Crippen LogP contribution in [0.3, 0.4) is 0 Å². The molecule has 0 spiro atoms. The SMILES string of the molecule is Cc1[nH]n2c(-c3cc(-c4ccccc4)n(-c4ccccc4)n3)nnc2c1-c1ccccc1. The lowest BCUT2D eigenvalue weighted by Crippen LogP contribution is -1.99. The van der Waals surface area contributed by atoms with E-state index in [1.165, 1.54) is 0 Å². The predicted octanol–water partition coefficient (Wildman–Crippen LogP) is 5.55. The molecule has 3 aromatic carbocycles. The van der Waals surface area contributed by atoms with E-state index in [0.29, 0.717) is 5.82 Å². The maximum atomic E-state index is 4.93. The monoisotopic (exact) mass is 416 g/mol. The second kappa shape index (κ2) is 7.35. The Bertz CT molecular complexity index is 1450. The Labute approximate surface area is 184 Å². The van der Waals surface area contributed by atoms with Crippen LogP contribution in [0.1, 0.15) is 5.69 Å². The average Bonchev–Trinajstić information content (AvgIpc) is 3.54. The minimum absolute atomic E-state index is 0.678. The van der Waals surface area contributed by atoms with Gasteiger partial charge in [-0.1, -0.05) is 78.9 Å². The van der Waals surface area contributed by atoms with Crippen LogP contribution in [0.25, 0.3) is 45.2 Å². The number of nitrogens with one attached hydrogen (secondary N) is 1. The molecule has 6 heteroatoms. The normalized spacial score (nSPS) is 11.3. The van der Waals surface area contributed by atoms with Crippen molar-refractivity contribution in [1.29, 1.82) is 0 Å². The molecule has 0 unspecified atom stereocenters. The van der Waals surface area contributed by atoms with Gasteiger partial charge in [0.2, 0.25) is 5.82 Å². The van der Waals surface area contributed by atoms with Crippen molar-refractivity contribution in [3.05, 3.63) is 103 Å². The fourth-order valence-corrected chi connectivity index (χ4v) is 4.13. The Kier molecular flexibility index (Phi) is 4.21. The van der Waals surface area contributed by atoms with Crippen LogP contribution < -0.4 is 0 Å². The number of aromatic amines is 1. The van der Waals surface area contributed by atoms with Crippen molar-refractivity contribution >= 4 is 5.65 Å². The molecule has 0 amide bonds. The van der Waals surface area contributed by atoms with Gasteiger partial charge in [0.05, 0.1) is 11.4 Å². The number of rotatable bonds is 4. The number of benzene rings is 3. The maximum Gasteiger partial charge on any atom is 0.203 e. The third-order valence-electron chi connectivity index (χ3n) is 5.61. The highest BCUT2D eigenvalue weighted by atomic mass is 15.4. The van der Waals surface area contributed by atoms with E-state index >= 15 is 0 Å². The zero-order chi connectivity index (χ0) is 21.5. The summed E-state index contributed by atoms with van der Waals surface area (Å²) in [6, 6.07) is 32.7. The first-order valence-corrected chi connectivity index (χ1v) is 10.5. The van der Waals surface area contributed by atoms with E-state index in [9.17, 15) is 0 Å². The zero-order valence-corrected chi connectivity index (χ0v) is 17.5. The Morgan fingerprint density at radius 3 is 2.03 bits per heavy atom. The maximum absolute atomic E-state index is 4.93. The Morgan fingerprint density at radius 2 is 1.34 bits per heavy atom. The zero-order valence-electron chi connectivity index (χ0n) is 17.5. The van der Waals surface area contributed by atoms with E-state index in [-0.39, 0.29) is 0 Å². The van der Waals surface area contributed by atoms with Crippen molar-refractivity contribution in [2.75, 3.05) is 0 Å². The summed E-state index contributed by atoms with van der Waals surface area (Å²) in [6.07, 6.45) is 0. The highest BCUT2D eigenvalue weighted by Gasteiger charge is 2.21. The van der Waals surface area contributed by atoms with Gasteiger partial charge in [-0.3, -0.25) is 5.10 Å². The molecule has 0 radical (unpaired) electrons. The predicted molar refractivity (Wildman–Crippen MR) is 126 cm³/mol. The molecule has 3 heterocycles. The summed E-state index contributed by atoms with van der Waals surface area (Å²) in [5, 5.41) is 17.4. The van der Waals surface area contributed by atoms with E-state index in [2.05, 4.69) is 64.7 Å². The number of hydrogen-bond donors (Lipinski definition) is 1. The molecule has 0 atom stereocenters. The molecular weight excluding hydrogens is 396 g/mol. The van der Waals surface area contributed by atoms with Crippen LogP contribution in [0.4, 0.5) is 0 Å². The van der Waals surface area contributed by atoms with Crippen LogP contribution in [0.2, 0.25) is 0 Å². The number of nitrogens with zero attached hydrogens (tertiary/aromatic N) is 5. The summed E-state index contributed by atoms with van der Waals surface area (Å²) in [6.45, 7) is 2.05. The summed E-state index contributed by atoms with van der Waals surface area (Å²) in [7, 11) is 0. The molecule has 0 aliphatic carbocycles. The molecule has 0 aliphatic rings. The second-order valence-corrected chi connectivity index (χ2v) is 7.69. The number of fused-ring (bicyclic) bond motifs is 1. The van der Waals surface area contributed by atoms with E-state index < -0.39 is 0 Å². The van der Waals surface area contributed by atoms with Gasteiger partial charge in [-0.15, -0.1) is 10.2 Å². The highest BCUT2D eigenvalue weighted by molar-refractivity contribution is 5.81. The first kappa shape index (κ1) is 18.3. The van der Waals surface area contributed by atoms with Gasteiger partial charge >= 0.3 is 0 Å². The smallest absolute Gasteiger partial charge is 0.203 e. The summed E-state index contributed by atoms with van der Waals surface area (Å²) in [5.74, 6) is 0.678. The summed E-state index contributed by atoms with van der Waals surface area (Å²) < 4.78 is 3.88. The Balaban J connectivity index is 1.55. The molecule has 0 saturated heterocycles. The van der Waals surface area contributed by atoms with Crippen LogP contribution in [0, 0.1) is 6.92 Å². The van der Waals surface area contributed by atoms with Gasteiger partial charge < -0.3 is 0 Å². The average molecular weight is 416 g/mol. The standard InChI is InChI=1S/C26H20N6/c1-18-24(20-13-7-3-8-14-20)26-28-27-25(32(26)29-18)22-17-23(19-11-5-2-6-12-19)31(30-22)21-15-9-4-10-16-21/h2-17,29H,1H3. The molecule has 32 heavy (non-hydrogen) atoms. The van der Waals surface area contributed by atoms with Crippen molar-refractivity contribution in [2.24, 2.45) is 0 Å². The van der Waals surface area contributed by atoms with Crippen molar-refractivity contribution in [1.82, 2.24) is 29.6 Å². The minimum Gasteiger partial charge on any atom is -0.294 e. The van der Waals surface area contributed by atoms with E-state index in [1.807, 2.05) is 63.8 Å². The molecule has 6 nitrogen and oxygen atoms in total. The molecular formula is C26H20N6. The Hall–Kier alpha value is -4.45. The Morgan fingerprint density at radius 1 is 0.719 bits per heavy atom. The molecule has 0 saturated carbocycles. The minimum atomic E-state index is 0.678. The molecule has 1 N–H and O–H groups in total. The van der Waals surface area contributed by atoms with Crippen molar-refractivity contribution < 1.29 is 0 Å². The number of hydrogen-bond acceptors (Lipinski definition) is 3. The topological polar surface area (TPSA) is 63.8 Å². The third kappa shape index (κ3) is 2.93. The first-order valence-electron chi connectivity index (χ1n) is 10.5. The van der Waals surface area contributed by atoms with Gasteiger partial charge in [0.15, 0.2) is 5.65 Å². The van der Waals surface area contributed by atoms with Crippen LogP contribution in [-0.2, 0) is 0 Å². The molecule has 6 rings (SSSR count). The lowest BCUT2D eigenvalue weighted by atomic mass is 10.1. The fraction of sp³-hybridized carbons (Fsp3) is 0.0385. The summed E-state index contributed by atoms with van der Waals surface area (Å²) in [4.78, 5) is 0.